The standard InChI is InChI=1S/C14H10N2O3S2/c1-7-4-12(20)13(21-7)6-10-9-5-8(16(18)19)2-3-11(9)15-14(10)17/h2-6,20H,1H3,(H,15,17)/b10-6-. The number of nitrogens with one attached hydrogen (secondary N) is 1. The molecule has 1 amide bonds. The first-order chi connectivity index (χ1) is 9.95. The van der Waals surface area contributed by atoms with Crippen LogP contribution in [0.2, 0.25) is 0 Å². The number of benzene rings is 1. The number of aryl methyl sites for hydroxylation is 1. The maximum Gasteiger partial charge on any atom is 0.270 e. The molecule has 106 valence electrons. The quantitative estimate of drug-likeness (QED) is 0.383. The number of hydrogen-bond donors (Lipinski definition) is 2. The summed E-state index contributed by atoms with van der Waals surface area (Å²) in [6.45, 7) is 1.96. The molecule has 1 aliphatic heterocycles. The number of thiophene rings is 1. The molecule has 0 aliphatic carbocycles. The zero-order valence-corrected chi connectivity index (χ0v) is 12.6. The first kappa shape index (κ1) is 13.8. The molecule has 1 aromatic carbocycles. The van der Waals surface area contributed by atoms with Crippen molar-refractivity contribution < 1.29 is 9.72 Å². The van der Waals surface area contributed by atoms with Crippen molar-refractivity contribution in [1.29, 1.82) is 0 Å². The molecular weight excluding hydrogens is 308 g/mol. The Morgan fingerprint density at radius 3 is 2.76 bits per heavy atom. The summed E-state index contributed by atoms with van der Waals surface area (Å²) in [5, 5.41) is 13.6. The van der Waals surface area contributed by atoms with Crippen molar-refractivity contribution in [3.05, 3.63) is 49.7 Å². The number of nitrogens with zero attached hydrogens (tertiary/aromatic N) is 1. The highest BCUT2D eigenvalue weighted by Crippen LogP contribution is 2.37. The van der Waals surface area contributed by atoms with E-state index in [0.29, 0.717) is 16.8 Å². The summed E-state index contributed by atoms with van der Waals surface area (Å²) in [6, 6.07) is 6.26. The van der Waals surface area contributed by atoms with Gasteiger partial charge in [0.05, 0.1) is 10.5 Å². The number of amides is 1. The third-order valence-electron chi connectivity index (χ3n) is 3.14. The first-order valence-corrected chi connectivity index (χ1v) is 7.33. The monoisotopic (exact) mass is 318 g/mol. The van der Waals surface area contributed by atoms with E-state index in [1.807, 2.05) is 13.0 Å². The van der Waals surface area contributed by atoms with Crippen LogP contribution in [0.5, 0.6) is 0 Å². The minimum atomic E-state index is -0.472. The highest BCUT2D eigenvalue weighted by molar-refractivity contribution is 7.80. The van der Waals surface area contributed by atoms with Crippen LogP contribution in [0, 0.1) is 17.0 Å². The number of non-ortho nitro benzene ring substituents is 1. The molecule has 1 N–H and O–H groups in total. The minimum Gasteiger partial charge on any atom is -0.321 e. The molecule has 2 heterocycles. The molecule has 2 aromatic rings. The van der Waals surface area contributed by atoms with Crippen molar-refractivity contribution >= 4 is 52.9 Å². The van der Waals surface area contributed by atoms with E-state index in [1.165, 1.54) is 23.5 Å². The Kier molecular flexibility index (Phi) is 3.30. The van der Waals surface area contributed by atoms with Gasteiger partial charge in [-0.05, 0) is 25.1 Å². The van der Waals surface area contributed by atoms with Gasteiger partial charge in [0.15, 0.2) is 0 Å². The smallest absolute Gasteiger partial charge is 0.270 e. The van der Waals surface area contributed by atoms with Crippen LogP contribution in [0.1, 0.15) is 15.3 Å². The maximum absolute atomic E-state index is 12.1. The van der Waals surface area contributed by atoms with E-state index >= 15 is 0 Å². The van der Waals surface area contributed by atoms with Crippen molar-refractivity contribution in [1.82, 2.24) is 0 Å². The third kappa shape index (κ3) is 2.45. The highest BCUT2D eigenvalue weighted by atomic mass is 32.1. The highest BCUT2D eigenvalue weighted by Gasteiger charge is 2.26. The molecule has 7 heteroatoms. The van der Waals surface area contributed by atoms with Gasteiger partial charge in [-0.2, -0.15) is 0 Å². The number of rotatable bonds is 2. The van der Waals surface area contributed by atoms with Crippen LogP contribution in [-0.2, 0) is 4.79 Å². The zero-order valence-electron chi connectivity index (χ0n) is 10.9. The van der Waals surface area contributed by atoms with Crippen LogP contribution in [0.15, 0.2) is 29.2 Å². The molecule has 0 atom stereocenters. The Bertz CT molecular complexity index is 809. The number of nitro groups is 1. The molecule has 0 saturated heterocycles. The fourth-order valence-corrected chi connectivity index (χ4v) is 3.53. The molecular formula is C14H10N2O3S2. The van der Waals surface area contributed by atoms with E-state index in [1.54, 1.807) is 12.1 Å². The number of thiol groups is 1. The average molecular weight is 318 g/mol. The second-order valence-electron chi connectivity index (χ2n) is 4.61. The van der Waals surface area contributed by atoms with E-state index in [0.717, 1.165) is 14.6 Å². The minimum absolute atomic E-state index is 0.0374. The van der Waals surface area contributed by atoms with Crippen LogP contribution >= 0.6 is 24.0 Å². The molecule has 0 bridgehead atoms. The molecule has 1 aliphatic rings. The van der Waals surface area contributed by atoms with Gasteiger partial charge in [0, 0.05) is 38.0 Å². The molecule has 0 unspecified atom stereocenters. The summed E-state index contributed by atoms with van der Waals surface area (Å²) in [6.07, 6.45) is 1.73. The van der Waals surface area contributed by atoms with Gasteiger partial charge < -0.3 is 5.32 Å². The second kappa shape index (κ2) is 5.01. The molecule has 0 radical (unpaired) electrons. The average Bonchev–Trinajstić information content (AvgIpc) is 2.90. The van der Waals surface area contributed by atoms with Crippen molar-refractivity contribution in [2.45, 2.75) is 11.8 Å². The number of carbonyl (C=O) groups is 1. The van der Waals surface area contributed by atoms with Crippen LogP contribution in [-0.4, -0.2) is 10.8 Å². The van der Waals surface area contributed by atoms with E-state index < -0.39 is 4.92 Å². The fourth-order valence-electron chi connectivity index (χ4n) is 2.19. The summed E-state index contributed by atoms with van der Waals surface area (Å²) < 4.78 is 0. The summed E-state index contributed by atoms with van der Waals surface area (Å²) in [4.78, 5) is 25.2. The lowest BCUT2D eigenvalue weighted by atomic mass is 10.1. The van der Waals surface area contributed by atoms with Crippen molar-refractivity contribution in [3.63, 3.8) is 0 Å². The molecule has 5 nitrogen and oxygen atoms in total. The molecule has 1 aromatic heterocycles. The number of carbonyl (C=O) groups excluding carboxylic acids is 1. The van der Waals surface area contributed by atoms with E-state index in [2.05, 4.69) is 17.9 Å². The van der Waals surface area contributed by atoms with Gasteiger partial charge >= 0.3 is 0 Å². The number of hydrogen-bond acceptors (Lipinski definition) is 5. The van der Waals surface area contributed by atoms with Gasteiger partial charge in [-0.3, -0.25) is 14.9 Å². The van der Waals surface area contributed by atoms with E-state index in [-0.39, 0.29) is 11.6 Å². The second-order valence-corrected chi connectivity index (χ2v) is 6.38. The molecule has 0 spiro atoms. The van der Waals surface area contributed by atoms with E-state index in [4.69, 9.17) is 0 Å². The molecule has 21 heavy (non-hydrogen) atoms. The predicted molar refractivity (Wildman–Crippen MR) is 85.9 cm³/mol. The number of nitro benzene ring substituents is 1. The first-order valence-electron chi connectivity index (χ1n) is 6.07. The van der Waals surface area contributed by atoms with Crippen LogP contribution in [0.4, 0.5) is 11.4 Å². The lowest BCUT2D eigenvalue weighted by Crippen LogP contribution is -2.03. The Morgan fingerprint density at radius 1 is 1.38 bits per heavy atom. The largest absolute Gasteiger partial charge is 0.321 e. The Hall–Kier alpha value is -2.12. The predicted octanol–water partition coefficient (Wildman–Crippen LogP) is 3.75. The van der Waals surface area contributed by atoms with E-state index in [9.17, 15) is 14.9 Å². The molecule has 3 rings (SSSR count). The van der Waals surface area contributed by atoms with Gasteiger partial charge in [0.2, 0.25) is 0 Å². The van der Waals surface area contributed by atoms with Crippen molar-refractivity contribution in [3.8, 4) is 0 Å². The summed E-state index contributed by atoms with van der Waals surface area (Å²) in [5.41, 5.74) is 1.52. The Labute approximate surface area is 129 Å². The van der Waals surface area contributed by atoms with Gasteiger partial charge in [0.25, 0.3) is 11.6 Å². The fraction of sp³-hybridized carbons (Fsp3) is 0.0714. The summed E-state index contributed by atoms with van der Waals surface area (Å²) in [7, 11) is 0. The Morgan fingerprint density at radius 2 is 2.14 bits per heavy atom. The summed E-state index contributed by atoms with van der Waals surface area (Å²) >= 11 is 5.89. The van der Waals surface area contributed by atoms with Gasteiger partial charge in [0.1, 0.15) is 0 Å². The van der Waals surface area contributed by atoms with Crippen LogP contribution in [0.25, 0.3) is 11.6 Å². The third-order valence-corrected chi connectivity index (χ3v) is 4.65. The van der Waals surface area contributed by atoms with Gasteiger partial charge in [-0.25, -0.2) is 0 Å². The van der Waals surface area contributed by atoms with Crippen molar-refractivity contribution in [2.75, 3.05) is 5.32 Å². The van der Waals surface area contributed by atoms with Crippen molar-refractivity contribution in [2.24, 2.45) is 0 Å². The Balaban J connectivity index is 2.13. The number of fused-ring (bicyclic) bond motifs is 1. The topological polar surface area (TPSA) is 72.2 Å². The summed E-state index contributed by atoms with van der Waals surface area (Å²) in [5.74, 6) is -0.260. The number of anilines is 1. The van der Waals surface area contributed by atoms with Gasteiger partial charge in [-0.1, -0.05) is 0 Å². The lowest BCUT2D eigenvalue weighted by Gasteiger charge is -1.98. The lowest BCUT2D eigenvalue weighted by molar-refractivity contribution is -0.384. The van der Waals surface area contributed by atoms with Gasteiger partial charge in [-0.15, -0.1) is 24.0 Å². The van der Waals surface area contributed by atoms with Crippen LogP contribution < -0.4 is 5.32 Å². The molecule has 0 saturated carbocycles. The normalized spacial score (nSPS) is 15.1. The SMILES string of the molecule is Cc1cc(S)c(/C=C2\C(=O)Nc3ccc([N+](=O)[O-])cc32)s1. The molecule has 0 fully saturated rings. The zero-order chi connectivity index (χ0) is 15.1. The maximum atomic E-state index is 12.1. The van der Waals surface area contributed by atoms with Crippen LogP contribution in [0.3, 0.4) is 0 Å².